The van der Waals surface area contributed by atoms with Crippen molar-refractivity contribution in [2.45, 2.75) is 11.8 Å². The van der Waals surface area contributed by atoms with Gasteiger partial charge in [-0.2, -0.15) is 4.31 Å². The maximum atomic E-state index is 13.5. The second-order valence-corrected chi connectivity index (χ2v) is 9.09. The van der Waals surface area contributed by atoms with Gasteiger partial charge in [0.15, 0.2) is 0 Å². The van der Waals surface area contributed by atoms with E-state index in [-0.39, 0.29) is 35.1 Å². The first-order valence-electron chi connectivity index (χ1n) is 10.3. The molecule has 33 heavy (non-hydrogen) atoms. The quantitative estimate of drug-likeness (QED) is 0.559. The Labute approximate surface area is 190 Å². The van der Waals surface area contributed by atoms with Gasteiger partial charge in [-0.1, -0.05) is 17.3 Å². The van der Waals surface area contributed by atoms with Gasteiger partial charge in [0.05, 0.1) is 30.4 Å². The van der Waals surface area contributed by atoms with Gasteiger partial charge in [0.1, 0.15) is 17.3 Å². The van der Waals surface area contributed by atoms with Gasteiger partial charge in [-0.3, -0.25) is 4.79 Å². The Kier molecular flexibility index (Phi) is 6.72. The summed E-state index contributed by atoms with van der Waals surface area (Å²) in [7, 11) is -3.78. The smallest absolute Gasteiger partial charge is 0.294 e. The van der Waals surface area contributed by atoms with Crippen LogP contribution in [0.3, 0.4) is 0 Å². The largest absolute Gasteiger partial charge is 0.492 e. The maximum absolute atomic E-state index is 13.5. The molecule has 9 nitrogen and oxygen atoms in total. The van der Waals surface area contributed by atoms with Crippen LogP contribution in [0.4, 0.5) is 10.1 Å². The number of carbonyl (C=O) groups is 1. The average Bonchev–Trinajstić information content (AvgIpc) is 3.31. The molecule has 2 heterocycles. The summed E-state index contributed by atoms with van der Waals surface area (Å²) in [6.07, 6.45) is 0. The molecule has 1 aliphatic heterocycles. The summed E-state index contributed by atoms with van der Waals surface area (Å²) in [6.45, 7) is 3.21. The molecule has 2 aromatic carbocycles. The van der Waals surface area contributed by atoms with Crippen LogP contribution in [0, 0.1) is 5.82 Å². The molecule has 3 aromatic rings. The second-order valence-electron chi connectivity index (χ2n) is 7.15. The third kappa shape index (κ3) is 5.05. The van der Waals surface area contributed by atoms with Crippen LogP contribution in [-0.4, -0.2) is 56.7 Å². The molecule has 1 N–H and O–H groups in total. The lowest BCUT2D eigenvalue weighted by atomic mass is 10.1. The number of nitrogens with zero attached hydrogens (tertiary/aromatic N) is 2. The third-order valence-electron chi connectivity index (χ3n) is 4.96. The van der Waals surface area contributed by atoms with E-state index in [0.717, 1.165) is 0 Å². The number of benzene rings is 2. The van der Waals surface area contributed by atoms with Crippen molar-refractivity contribution in [1.29, 1.82) is 0 Å². The van der Waals surface area contributed by atoms with Crippen molar-refractivity contribution in [3.05, 3.63) is 60.1 Å². The van der Waals surface area contributed by atoms with Crippen molar-refractivity contribution in [2.75, 3.05) is 38.2 Å². The number of anilines is 1. The zero-order chi connectivity index (χ0) is 23.4. The lowest BCUT2D eigenvalue weighted by Gasteiger charge is -2.26. The minimum absolute atomic E-state index is 0.0150. The fraction of sp³-hybridized carbons (Fsp3) is 0.273. The number of hydrogen-bond donors (Lipinski definition) is 1. The van der Waals surface area contributed by atoms with E-state index in [2.05, 4.69) is 10.5 Å². The topological polar surface area (TPSA) is 111 Å². The van der Waals surface area contributed by atoms with E-state index in [9.17, 15) is 17.6 Å². The summed E-state index contributed by atoms with van der Waals surface area (Å²) in [6, 6.07) is 11.4. The maximum Gasteiger partial charge on any atom is 0.294 e. The lowest BCUT2D eigenvalue weighted by Crippen LogP contribution is -2.40. The Morgan fingerprint density at radius 2 is 1.97 bits per heavy atom. The van der Waals surface area contributed by atoms with Crippen molar-refractivity contribution in [2.24, 2.45) is 0 Å². The molecule has 0 atom stereocenters. The second kappa shape index (κ2) is 9.69. The van der Waals surface area contributed by atoms with Crippen LogP contribution in [0.25, 0.3) is 11.3 Å². The molecule has 1 amide bonds. The van der Waals surface area contributed by atoms with Crippen LogP contribution < -0.4 is 10.1 Å². The molecule has 174 valence electrons. The van der Waals surface area contributed by atoms with E-state index in [1.165, 1.54) is 46.8 Å². The first kappa shape index (κ1) is 22.9. The molecular weight excluding hydrogens is 453 g/mol. The first-order chi connectivity index (χ1) is 15.9. The van der Waals surface area contributed by atoms with E-state index >= 15 is 0 Å². The molecule has 0 spiro atoms. The van der Waals surface area contributed by atoms with E-state index in [1.807, 2.05) is 0 Å². The normalized spacial score (nSPS) is 14.7. The molecule has 0 aliphatic carbocycles. The van der Waals surface area contributed by atoms with Crippen LogP contribution in [0.2, 0.25) is 0 Å². The number of rotatable bonds is 7. The molecule has 1 aromatic heterocycles. The summed E-state index contributed by atoms with van der Waals surface area (Å²) < 4.78 is 56.7. The Balaban J connectivity index is 1.60. The van der Waals surface area contributed by atoms with Crippen LogP contribution >= 0.6 is 0 Å². The summed E-state index contributed by atoms with van der Waals surface area (Å²) in [5.74, 6) is -0.928. The first-order valence-corrected chi connectivity index (χ1v) is 11.7. The van der Waals surface area contributed by atoms with Gasteiger partial charge >= 0.3 is 0 Å². The standard InChI is InChI=1S/C22H22FN3O6S/c1-2-31-20-7-6-17(33(28,29)26-8-10-30-11-9-26)13-19(20)24-22(27)21-14-18(25-32-21)15-4-3-5-16(23)12-15/h3-7,12-14H,2,8-11H2,1H3,(H,24,27). The molecule has 1 saturated heterocycles. The molecule has 0 radical (unpaired) electrons. The monoisotopic (exact) mass is 475 g/mol. The Bertz CT molecular complexity index is 1250. The Morgan fingerprint density at radius 3 is 2.70 bits per heavy atom. The van der Waals surface area contributed by atoms with Crippen LogP contribution in [0.15, 0.2) is 57.9 Å². The summed E-state index contributed by atoms with van der Waals surface area (Å²) in [4.78, 5) is 12.8. The molecule has 0 saturated carbocycles. The fourth-order valence-electron chi connectivity index (χ4n) is 3.33. The molecule has 1 aliphatic rings. The highest BCUT2D eigenvalue weighted by Crippen LogP contribution is 2.30. The molecule has 0 unspecified atom stereocenters. The van der Waals surface area contributed by atoms with Crippen molar-refractivity contribution in [3.8, 4) is 17.0 Å². The number of morpholine rings is 1. The molecule has 4 rings (SSSR count). The number of amides is 1. The van der Waals surface area contributed by atoms with Crippen molar-refractivity contribution < 1.29 is 31.6 Å². The SMILES string of the molecule is CCOc1ccc(S(=O)(=O)N2CCOCC2)cc1NC(=O)c1cc(-c2cccc(F)c2)no1. The number of ether oxygens (including phenoxy) is 2. The van der Waals surface area contributed by atoms with Gasteiger partial charge in [0.2, 0.25) is 15.8 Å². The van der Waals surface area contributed by atoms with Crippen molar-refractivity contribution in [3.63, 3.8) is 0 Å². The summed E-state index contributed by atoms with van der Waals surface area (Å²) >= 11 is 0. The van der Waals surface area contributed by atoms with Crippen LogP contribution in [0.5, 0.6) is 5.75 Å². The van der Waals surface area contributed by atoms with Crippen LogP contribution in [0.1, 0.15) is 17.5 Å². The van der Waals surface area contributed by atoms with Gasteiger partial charge in [-0.15, -0.1) is 0 Å². The predicted octanol–water partition coefficient (Wildman–Crippen LogP) is 3.15. The number of aromatic nitrogens is 1. The van der Waals surface area contributed by atoms with E-state index in [0.29, 0.717) is 31.1 Å². The van der Waals surface area contributed by atoms with Crippen LogP contribution in [-0.2, 0) is 14.8 Å². The minimum atomic E-state index is -3.78. The van der Waals surface area contributed by atoms with E-state index in [4.69, 9.17) is 14.0 Å². The van der Waals surface area contributed by atoms with E-state index < -0.39 is 21.7 Å². The number of halogens is 1. The predicted molar refractivity (Wildman–Crippen MR) is 117 cm³/mol. The highest BCUT2D eigenvalue weighted by atomic mass is 32.2. The molecule has 11 heteroatoms. The Morgan fingerprint density at radius 1 is 1.18 bits per heavy atom. The van der Waals surface area contributed by atoms with Gasteiger partial charge < -0.3 is 19.3 Å². The minimum Gasteiger partial charge on any atom is -0.492 e. The number of hydrogen-bond acceptors (Lipinski definition) is 7. The van der Waals surface area contributed by atoms with Gasteiger partial charge in [-0.25, -0.2) is 12.8 Å². The highest BCUT2D eigenvalue weighted by Gasteiger charge is 2.27. The highest BCUT2D eigenvalue weighted by molar-refractivity contribution is 7.89. The number of nitrogens with one attached hydrogen (secondary N) is 1. The molecule has 1 fully saturated rings. The zero-order valence-corrected chi connectivity index (χ0v) is 18.6. The fourth-order valence-corrected chi connectivity index (χ4v) is 4.77. The van der Waals surface area contributed by atoms with Crippen molar-refractivity contribution in [1.82, 2.24) is 9.46 Å². The lowest BCUT2D eigenvalue weighted by molar-refractivity contribution is 0.0730. The molecular formula is C22H22FN3O6S. The third-order valence-corrected chi connectivity index (χ3v) is 6.86. The van der Waals surface area contributed by atoms with Gasteiger partial charge in [-0.05, 0) is 37.3 Å². The number of carbonyl (C=O) groups excluding carboxylic acids is 1. The molecule has 0 bridgehead atoms. The van der Waals surface area contributed by atoms with Crippen molar-refractivity contribution >= 4 is 21.6 Å². The zero-order valence-electron chi connectivity index (χ0n) is 17.8. The summed E-state index contributed by atoms with van der Waals surface area (Å²) in [5.41, 5.74) is 0.902. The Hall–Kier alpha value is -3.28. The van der Waals surface area contributed by atoms with E-state index in [1.54, 1.807) is 13.0 Å². The average molecular weight is 475 g/mol. The van der Waals surface area contributed by atoms with Gasteiger partial charge in [0, 0.05) is 24.7 Å². The van der Waals surface area contributed by atoms with Gasteiger partial charge in [0.25, 0.3) is 5.91 Å². The number of sulfonamides is 1. The summed E-state index contributed by atoms with van der Waals surface area (Å²) in [5, 5.41) is 6.44.